The van der Waals surface area contributed by atoms with E-state index < -0.39 is 0 Å². The zero-order valence-electron chi connectivity index (χ0n) is 5.88. The number of hydrogen-bond acceptors (Lipinski definition) is 2. The molecule has 0 aromatic carbocycles. The third-order valence-corrected chi connectivity index (χ3v) is 0.762. The first-order valence-corrected chi connectivity index (χ1v) is 3.04. The zero-order chi connectivity index (χ0) is 7.54. The average Bonchev–Trinajstić information content (AvgIpc) is 1.86. The van der Waals surface area contributed by atoms with Gasteiger partial charge in [0.15, 0.2) is 0 Å². The van der Waals surface area contributed by atoms with Gasteiger partial charge in [-0.2, -0.15) is 0 Å². The van der Waals surface area contributed by atoms with Gasteiger partial charge in [-0.1, -0.05) is 25.8 Å². The molecule has 1 radical (unpaired) electrons. The highest BCUT2D eigenvalue weighted by molar-refractivity contribution is 6.13. The van der Waals surface area contributed by atoms with Crippen molar-refractivity contribution in [3.63, 3.8) is 0 Å². The second-order valence-electron chi connectivity index (χ2n) is 1.55. The Kier molecular flexibility index (Phi) is 20.0. The largest absolute Gasteiger partial charge is 0.482 e. The van der Waals surface area contributed by atoms with Gasteiger partial charge in [0, 0.05) is 0 Å². The van der Waals surface area contributed by atoms with Crippen molar-refractivity contribution in [1.82, 2.24) is 0 Å². The molecule has 0 aliphatic heterocycles. The SMILES string of the molecule is C=CCCCC.O[B]O. The lowest BCUT2D eigenvalue weighted by atomic mass is 10.3. The summed E-state index contributed by atoms with van der Waals surface area (Å²) in [5.41, 5.74) is 0. The van der Waals surface area contributed by atoms with Crippen LogP contribution in [0.2, 0.25) is 0 Å². The van der Waals surface area contributed by atoms with E-state index in [-0.39, 0.29) is 7.69 Å². The molecular formula is C6H14BO2. The second kappa shape index (κ2) is 15.6. The van der Waals surface area contributed by atoms with E-state index in [1.807, 2.05) is 6.08 Å². The van der Waals surface area contributed by atoms with Crippen LogP contribution in [-0.2, 0) is 0 Å². The molecule has 0 spiro atoms. The van der Waals surface area contributed by atoms with Gasteiger partial charge in [0.25, 0.3) is 0 Å². The Morgan fingerprint density at radius 3 is 2.11 bits per heavy atom. The van der Waals surface area contributed by atoms with Gasteiger partial charge in [-0.05, 0) is 6.42 Å². The molecule has 0 aromatic rings. The highest BCUT2D eigenvalue weighted by atomic mass is 16.4. The van der Waals surface area contributed by atoms with Crippen LogP contribution >= 0.6 is 0 Å². The molecule has 3 heteroatoms. The van der Waals surface area contributed by atoms with Crippen molar-refractivity contribution in [1.29, 1.82) is 0 Å². The van der Waals surface area contributed by atoms with Crippen LogP contribution in [0.5, 0.6) is 0 Å². The molecule has 9 heavy (non-hydrogen) atoms. The number of hydrogen-bond donors (Lipinski definition) is 2. The normalized spacial score (nSPS) is 7.00. The van der Waals surface area contributed by atoms with E-state index in [2.05, 4.69) is 13.5 Å². The van der Waals surface area contributed by atoms with Gasteiger partial charge in [0.2, 0.25) is 0 Å². The van der Waals surface area contributed by atoms with E-state index in [0.717, 1.165) is 0 Å². The molecule has 0 saturated heterocycles. The summed E-state index contributed by atoms with van der Waals surface area (Å²) in [6.45, 7) is 5.78. The topological polar surface area (TPSA) is 40.5 Å². The van der Waals surface area contributed by atoms with E-state index >= 15 is 0 Å². The molecule has 53 valence electrons. The second-order valence-corrected chi connectivity index (χ2v) is 1.55. The summed E-state index contributed by atoms with van der Waals surface area (Å²) in [4.78, 5) is 0. The van der Waals surface area contributed by atoms with E-state index in [1.54, 1.807) is 0 Å². The number of unbranched alkanes of at least 4 members (excludes halogenated alkanes) is 2. The molecular weight excluding hydrogens is 115 g/mol. The van der Waals surface area contributed by atoms with Crippen molar-refractivity contribution < 1.29 is 10.0 Å². The van der Waals surface area contributed by atoms with Crippen LogP contribution in [-0.4, -0.2) is 17.7 Å². The van der Waals surface area contributed by atoms with Crippen molar-refractivity contribution in [3.05, 3.63) is 12.7 Å². The number of allylic oxidation sites excluding steroid dienone is 1. The number of rotatable bonds is 3. The minimum atomic E-state index is 0. The molecule has 0 bridgehead atoms. The summed E-state index contributed by atoms with van der Waals surface area (Å²) < 4.78 is 0. The minimum absolute atomic E-state index is 0. The molecule has 0 amide bonds. The summed E-state index contributed by atoms with van der Waals surface area (Å²) in [7, 11) is 0. The molecule has 0 heterocycles. The van der Waals surface area contributed by atoms with Crippen LogP contribution in [0.3, 0.4) is 0 Å². The van der Waals surface area contributed by atoms with E-state index in [0.29, 0.717) is 0 Å². The highest BCUT2D eigenvalue weighted by Crippen LogP contribution is 1.91. The monoisotopic (exact) mass is 129 g/mol. The summed E-state index contributed by atoms with van der Waals surface area (Å²) in [6, 6.07) is 0. The van der Waals surface area contributed by atoms with E-state index in [4.69, 9.17) is 10.0 Å². The summed E-state index contributed by atoms with van der Waals surface area (Å²) >= 11 is 0. The maximum absolute atomic E-state index is 7.00. The maximum atomic E-state index is 7.00. The van der Waals surface area contributed by atoms with Crippen molar-refractivity contribution >= 4 is 7.69 Å². The summed E-state index contributed by atoms with van der Waals surface area (Å²) in [6.07, 6.45) is 5.72. The molecule has 0 atom stereocenters. The molecule has 2 nitrogen and oxygen atoms in total. The maximum Gasteiger partial charge on any atom is 0.482 e. The van der Waals surface area contributed by atoms with Gasteiger partial charge in [-0.25, -0.2) is 0 Å². The fraction of sp³-hybridized carbons (Fsp3) is 0.667. The van der Waals surface area contributed by atoms with Crippen molar-refractivity contribution in [2.24, 2.45) is 0 Å². The Morgan fingerprint density at radius 2 is 2.00 bits per heavy atom. The lowest BCUT2D eigenvalue weighted by Gasteiger charge is -1.81. The zero-order valence-corrected chi connectivity index (χ0v) is 5.88. The van der Waals surface area contributed by atoms with Gasteiger partial charge in [0.1, 0.15) is 0 Å². The third kappa shape index (κ3) is 34.1. The standard InChI is InChI=1S/C6H12.BH2O2/c1-3-5-6-4-2;2-1-3/h3H,1,4-6H2,2H3;2-3H. The Bertz CT molecular complexity index is 48.3. The first-order chi connectivity index (χ1) is 4.33. The van der Waals surface area contributed by atoms with Crippen LogP contribution in [0.25, 0.3) is 0 Å². The van der Waals surface area contributed by atoms with Gasteiger partial charge in [-0.3, -0.25) is 0 Å². The summed E-state index contributed by atoms with van der Waals surface area (Å²) in [5, 5.41) is 14.0. The smallest absolute Gasteiger partial charge is 0.429 e. The fourth-order valence-electron chi connectivity index (χ4n) is 0.348. The Labute approximate surface area is 57.5 Å². The van der Waals surface area contributed by atoms with Crippen molar-refractivity contribution in [2.75, 3.05) is 0 Å². The first-order valence-electron chi connectivity index (χ1n) is 3.04. The minimum Gasteiger partial charge on any atom is -0.429 e. The molecule has 0 rings (SSSR count). The highest BCUT2D eigenvalue weighted by Gasteiger charge is 1.71. The van der Waals surface area contributed by atoms with Crippen LogP contribution < -0.4 is 0 Å². The Morgan fingerprint density at radius 1 is 1.56 bits per heavy atom. The van der Waals surface area contributed by atoms with Crippen molar-refractivity contribution in [2.45, 2.75) is 26.2 Å². The van der Waals surface area contributed by atoms with Crippen LogP contribution in [0.15, 0.2) is 12.7 Å². The molecule has 0 aliphatic rings. The molecule has 0 fully saturated rings. The van der Waals surface area contributed by atoms with E-state index in [9.17, 15) is 0 Å². The van der Waals surface area contributed by atoms with Gasteiger partial charge < -0.3 is 10.0 Å². The fourth-order valence-corrected chi connectivity index (χ4v) is 0.348. The Hall–Kier alpha value is -0.275. The third-order valence-electron chi connectivity index (χ3n) is 0.762. The van der Waals surface area contributed by atoms with Gasteiger partial charge in [-0.15, -0.1) is 6.58 Å². The van der Waals surface area contributed by atoms with Crippen LogP contribution in [0.1, 0.15) is 26.2 Å². The van der Waals surface area contributed by atoms with Crippen LogP contribution in [0, 0.1) is 0 Å². The molecule has 0 saturated carbocycles. The molecule has 2 N–H and O–H groups in total. The molecule has 0 unspecified atom stereocenters. The van der Waals surface area contributed by atoms with Crippen molar-refractivity contribution in [3.8, 4) is 0 Å². The Balaban J connectivity index is 0. The lowest BCUT2D eigenvalue weighted by molar-refractivity contribution is 0.448. The average molecular weight is 129 g/mol. The lowest BCUT2D eigenvalue weighted by Crippen LogP contribution is -1.75. The predicted molar refractivity (Wildman–Crippen MR) is 39.9 cm³/mol. The van der Waals surface area contributed by atoms with Gasteiger partial charge >= 0.3 is 7.69 Å². The van der Waals surface area contributed by atoms with E-state index in [1.165, 1.54) is 19.3 Å². The van der Waals surface area contributed by atoms with Gasteiger partial charge in [0.05, 0.1) is 0 Å². The quantitative estimate of drug-likeness (QED) is 0.337. The predicted octanol–water partition coefficient (Wildman–Crippen LogP) is 0.868. The molecule has 0 aromatic heterocycles. The first kappa shape index (κ1) is 11.5. The summed E-state index contributed by atoms with van der Waals surface area (Å²) in [5.74, 6) is 0. The van der Waals surface area contributed by atoms with Crippen LogP contribution in [0.4, 0.5) is 0 Å². The molecule has 0 aliphatic carbocycles.